The third-order valence-corrected chi connectivity index (χ3v) is 3.92. The van der Waals surface area contributed by atoms with E-state index in [2.05, 4.69) is 26.1 Å². The van der Waals surface area contributed by atoms with Gasteiger partial charge in [-0.1, -0.05) is 0 Å². The predicted molar refractivity (Wildman–Crippen MR) is 71.1 cm³/mol. The standard InChI is InChI=1S/C12H14BrN3O/c13-8-5-6-9(17-7-3-1-2-4-7)10-11(8)15-16-12(10)14/h5-7H,1-4H2,(H3,14,15,16). The second-order valence-electron chi connectivity index (χ2n) is 4.43. The summed E-state index contributed by atoms with van der Waals surface area (Å²) in [5.41, 5.74) is 6.78. The van der Waals surface area contributed by atoms with Crippen LogP contribution in [0.15, 0.2) is 16.6 Å². The maximum atomic E-state index is 6.02. The fraction of sp³-hybridized carbons (Fsp3) is 0.417. The molecule has 0 amide bonds. The molecule has 4 nitrogen and oxygen atoms in total. The molecule has 1 aliphatic rings. The van der Waals surface area contributed by atoms with Gasteiger partial charge in [0.05, 0.1) is 17.0 Å². The number of anilines is 1. The molecular formula is C12H14BrN3O. The van der Waals surface area contributed by atoms with Crippen molar-refractivity contribution >= 4 is 32.7 Å². The largest absolute Gasteiger partial charge is 0.490 e. The lowest BCUT2D eigenvalue weighted by Gasteiger charge is -2.14. The fourth-order valence-electron chi connectivity index (χ4n) is 2.38. The van der Waals surface area contributed by atoms with Crippen molar-refractivity contribution < 1.29 is 4.74 Å². The van der Waals surface area contributed by atoms with Crippen LogP contribution in [-0.2, 0) is 0 Å². The summed E-state index contributed by atoms with van der Waals surface area (Å²) in [5.74, 6) is 1.33. The Kier molecular flexibility index (Phi) is 2.70. The van der Waals surface area contributed by atoms with E-state index in [0.29, 0.717) is 11.9 Å². The number of nitrogen functional groups attached to an aromatic ring is 1. The lowest BCUT2D eigenvalue weighted by atomic mass is 10.2. The highest BCUT2D eigenvalue weighted by atomic mass is 79.9. The molecule has 2 aromatic rings. The molecule has 90 valence electrons. The maximum absolute atomic E-state index is 6.02. The monoisotopic (exact) mass is 295 g/mol. The Hall–Kier alpha value is -1.23. The summed E-state index contributed by atoms with van der Waals surface area (Å²) < 4.78 is 6.98. The zero-order valence-corrected chi connectivity index (χ0v) is 11.0. The number of nitrogens with two attached hydrogens (primary N) is 1. The number of fused-ring (bicyclic) bond motifs is 1. The Morgan fingerprint density at radius 2 is 2.12 bits per heavy atom. The van der Waals surface area contributed by atoms with Crippen molar-refractivity contribution in [2.75, 3.05) is 5.73 Å². The summed E-state index contributed by atoms with van der Waals surface area (Å²) in [6, 6.07) is 3.92. The van der Waals surface area contributed by atoms with Gasteiger partial charge >= 0.3 is 0 Å². The first kappa shape index (κ1) is 10.9. The number of nitrogens with zero attached hydrogens (tertiary/aromatic N) is 1. The van der Waals surface area contributed by atoms with Crippen molar-refractivity contribution in [3.63, 3.8) is 0 Å². The lowest BCUT2D eigenvalue weighted by molar-refractivity contribution is 0.213. The first-order chi connectivity index (χ1) is 8.25. The van der Waals surface area contributed by atoms with E-state index in [1.54, 1.807) is 0 Å². The van der Waals surface area contributed by atoms with Gasteiger partial charge in [-0.15, -0.1) is 0 Å². The minimum atomic E-state index is 0.327. The highest BCUT2D eigenvalue weighted by Crippen LogP contribution is 2.35. The third kappa shape index (κ3) is 1.88. The second kappa shape index (κ2) is 4.22. The first-order valence-electron chi connectivity index (χ1n) is 5.84. The van der Waals surface area contributed by atoms with Crippen molar-refractivity contribution in [2.45, 2.75) is 31.8 Å². The molecule has 17 heavy (non-hydrogen) atoms. The highest BCUT2D eigenvalue weighted by Gasteiger charge is 2.19. The lowest BCUT2D eigenvalue weighted by Crippen LogP contribution is -2.11. The molecule has 0 unspecified atom stereocenters. The van der Waals surface area contributed by atoms with Crippen LogP contribution in [0.3, 0.4) is 0 Å². The quantitative estimate of drug-likeness (QED) is 0.894. The molecule has 0 radical (unpaired) electrons. The zero-order chi connectivity index (χ0) is 11.8. The SMILES string of the molecule is Nc1n[nH]c2c(Br)ccc(OC3CCCC3)c12. The average molecular weight is 296 g/mol. The fourth-order valence-corrected chi connectivity index (χ4v) is 2.80. The van der Waals surface area contributed by atoms with E-state index in [-0.39, 0.29) is 0 Å². The number of nitrogens with one attached hydrogen (secondary N) is 1. The van der Waals surface area contributed by atoms with Crippen molar-refractivity contribution in [3.05, 3.63) is 16.6 Å². The summed E-state index contributed by atoms with van der Waals surface area (Å²) >= 11 is 3.47. The molecule has 1 aromatic carbocycles. The number of hydrogen-bond acceptors (Lipinski definition) is 3. The van der Waals surface area contributed by atoms with E-state index < -0.39 is 0 Å². The molecule has 0 atom stereocenters. The van der Waals surface area contributed by atoms with E-state index in [0.717, 1.165) is 34.0 Å². The zero-order valence-electron chi connectivity index (χ0n) is 9.37. The minimum absolute atomic E-state index is 0.327. The first-order valence-corrected chi connectivity index (χ1v) is 6.63. The van der Waals surface area contributed by atoms with Crippen molar-refractivity contribution in [1.29, 1.82) is 0 Å². The average Bonchev–Trinajstić information content (AvgIpc) is 2.93. The molecule has 1 heterocycles. The number of benzene rings is 1. The molecule has 0 aliphatic heterocycles. The van der Waals surface area contributed by atoms with Crippen LogP contribution in [0.25, 0.3) is 10.9 Å². The number of aromatic nitrogens is 2. The molecule has 0 saturated heterocycles. The number of H-pyrrole nitrogens is 1. The van der Waals surface area contributed by atoms with E-state index in [4.69, 9.17) is 10.5 Å². The molecule has 1 aromatic heterocycles. The smallest absolute Gasteiger partial charge is 0.156 e. The van der Waals surface area contributed by atoms with E-state index >= 15 is 0 Å². The number of hydrogen-bond donors (Lipinski definition) is 2. The van der Waals surface area contributed by atoms with Gasteiger partial charge in [-0.2, -0.15) is 5.10 Å². The maximum Gasteiger partial charge on any atom is 0.156 e. The van der Waals surface area contributed by atoms with Crippen molar-refractivity contribution in [1.82, 2.24) is 10.2 Å². The molecule has 1 fully saturated rings. The summed E-state index contributed by atoms with van der Waals surface area (Å²) in [6.07, 6.45) is 5.11. The summed E-state index contributed by atoms with van der Waals surface area (Å²) in [5, 5.41) is 7.83. The Labute approximate surface area is 108 Å². The van der Waals surface area contributed by atoms with Crippen LogP contribution in [0.2, 0.25) is 0 Å². The summed E-state index contributed by atoms with van der Waals surface area (Å²) in [7, 11) is 0. The van der Waals surface area contributed by atoms with E-state index in [9.17, 15) is 0 Å². The molecule has 5 heteroatoms. The van der Waals surface area contributed by atoms with Gasteiger partial charge in [0.1, 0.15) is 5.75 Å². The molecule has 3 N–H and O–H groups in total. The summed E-state index contributed by atoms with van der Waals surface area (Å²) in [6.45, 7) is 0. The van der Waals surface area contributed by atoms with Gasteiger partial charge in [0.25, 0.3) is 0 Å². The van der Waals surface area contributed by atoms with Gasteiger partial charge in [0.15, 0.2) is 5.82 Å². The van der Waals surface area contributed by atoms with Gasteiger partial charge in [0.2, 0.25) is 0 Å². The molecule has 3 rings (SSSR count). The van der Waals surface area contributed by atoms with E-state index in [1.165, 1.54) is 12.8 Å². The number of ether oxygens (including phenoxy) is 1. The molecule has 0 spiro atoms. The number of halogens is 1. The van der Waals surface area contributed by atoms with Crippen LogP contribution in [0.4, 0.5) is 5.82 Å². The van der Waals surface area contributed by atoms with Crippen LogP contribution in [0, 0.1) is 0 Å². The number of rotatable bonds is 2. The van der Waals surface area contributed by atoms with Crippen LogP contribution < -0.4 is 10.5 Å². The minimum Gasteiger partial charge on any atom is -0.490 e. The van der Waals surface area contributed by atoms with Gasteiger partial charge in [-0.3, -0.25) is 5.10 Å². The summed E-state index contributed by atoms with van der Waals surface area (Å²) in [4.78, 5) is 0. The number of aromatic amines is 1. The van der Waals surface area contributed by atoms with Gasteiger partial charge in [0, 0.05) is 4.47 Å². The van der Waals surface area contributed by atoms with E-state index in [1.807, 2.05) is 12.1 Å². The van der Waals surface area contributed by atoms with Crippen LogP contribution in [0.5, 0.6) is 5.75 Å². The third-order valence-electron chi connectivity index (χ3n) is 3.26. The van der Waals surface area contributed by atoms with Gasteiger partial charge in [-0.05, 0) is 53.7 Å². The van der Waals surface area contributed by atoms with Crippen LogP contribution in [0.1, 0.15) is 25.7 Å². The van der Waals surface area contributed by atoms with Crippen molar-refractivity contribution in [3.8, 4) is 5.75 Å². The predicted octanol–water partition coefficient (Wildman–Crippen LogP) is 3.23. The van der Waals surface area contributed by atoms with Crippen LogP contribution >= 0.6 is 15.9 Å². The van der Waals surface area contributed by atoms with Gasteiger partial charge < -0.3 is 10.5 Å². The Morgan fingerprint density at radius 3 is 2.88 bits per heavy atom. The molecule has 1 saturated carbocycles. The molecule has 1 aliphatic carbocycles. The topological polar surface area (TPSA) is 63.9 Å². The van der Waals surface area contributed by atoms with Crippen LogP contribution in [-0.4, -0.2) is 16.3 Å². The molecular weight excluding hydrogens is 282 g/mol. The molecule has 0 bridgehead atoms. The Morgan fingerprint density at radius 1 is 1.35 bits per heavy atom. The van der Waals surface area contributed by atoms with Crippen molar-refractivity contribution in [2.24, 2.45) is 0 Å². The Bertz CT molecular complexity index is 546. The van der Waals surface area contributed by atoms with Gasteiger partial charge in [-0.25, -0.2) is 0 Å². The Balaban J connectivity index is 2.03. The second-order valence-corrected chi connectivity index (χ2v) is 5.28. The normalized spacial score (nSPS) is 16.8. The highest BCUT2D eigenvalue weighted by molar-refractivity contribution is 9.10.